The minimum absolute atomic E-state index is 0.0990. The molecule has 0 amide bonds. The van der Waals surface area contributed by atoms with Crippen LogP contribution in [0.3, 0.4) is 0 Å². The Morgan fingerprint density at radius 3 is 2.46 bits per heavy atom. The third-order valence-corrected chi connectivity index (χ3v) is 5.79. The molecule has 0 spiro atoms. The van der Waals surface area contributed by atoms with Crippen LogP contribution in [-0.2, 0) is 22.0 Å². The van der Waals surface area contributed by atoms with Crippen LogP contribution in [0.4, 0.5) is 5.69 Å². The first kappa shape index (κ1) is 22.3. The summed E-state index contributed by atoms with van der Waals surface area (Å²) in [5.41, 5.74) is 6.77. The van der Waals surface area contributed by atoms with Crippen LogP contribution in [-0.4, -0.2) is 23.7 Å². The third-order valence-electron chi connectivity index (χ3n) is 5.79. The second kappa shape index (κ2) is 8.14. The van der Waals surface area contributed by atoms with Gasteiger partial charge in [0.2, 0.25) is 0 Å². The lowest BCUT2D eigenvalue weighted by atomic mass is 9.80. The zero-order valence-electron chi connectivity index (χ0n) is 18.9. The van der Waals surface area contributed by atoms with Crippen molar-refractivity contribution in [2.24, 2.45) is 0 Å². The number of nitrogens with zero attached hydrogens (tertiary/aromatic N) is 1. The fraction of sp³-hybridized carbons (Fsp3) is 0.560. The second-order valence-corrected chi connectivity index (χ2v) is 10.0. The molecule has 0 saturated heterocycles. The third kappa shape index (κ3) is 5.06. The van der Waals surface area contributed by atoms with E-state index in [9.17, 15) is 4.79 Å². The van der Waals surface area contributed by atoms with Gasteiger partial charge in [0.25, 0.3) is 0 Å². The van der Waals surface area contributed by atoms with Crippen LogP contribution in [0.5, 0.6) is 0 Å². The molecule has 28 heavy (non-hydrogen) atoms. The Morgan fingerprint density at radius 1 is 1.29 bits per heavy atom. The lowest BCUT2D eigenvalue weighted by molar-refractivity contribution is -0.131. The van der Waals surface area contributed by atoms with Gasteiger partial charge in [-0.1, -0.05) is 52.8 Å². The Morgan fingerprint density at radius 2 is 1.93 bits per heavy atom. The van der Waals surface area contributed by atoms with Crippen LogP contribution < -0.4 is 4.90 Å². The highest BCUT2D eigenvalue weighted by Crippen LogP contribution is 2.45. The van der Waals surface area contributed by atoms with Crippen molar-refractivity contribution in [1.82, 2.24) is 0 Å². The molecular weight excluding hydrogens is 346 g/mol. The summed E-state index contributed by atoms with van der Waals surface area (Å²) < 4.78 is 0. The molecule has 1 aliphatic rings. The summed E-state index contributed by atoms with van der Waals surface area (Å²) in [6.07, 6.45) is 7.53. The van der Waals surface area contributed by atoms with Crippen LogP contribution in [0, 0.1) is 0 Å². The van der Waals surface area contributed by atoms with Crippen molar-refractivity contribution in [1.29, 1.82) is 0 Å². The molecule has 1 aromatic rings. The standard InChI is InChI=1S/C25H37NO2/c1-17(2)26(13-9-10-18(3)14-23(27)28)22-16-19(24(4,5)6)15-21-20(22)11-12-25(21,7)8/h9-10,14-17H,11-13H2,1-8H3,(H,27,28)/b10-9+,18-14+. The summed E-state index contributed by atoms with van der Waals surface area (Å²) in [5, 5.41) is 8.90. The fourth-order valence-electron chi connectivity index (χ4n) is 3.97. The molecule has 0 atom stereocenters. The molecule has 0 unspecified atom stereocenters. The quantitative estimate of drug-likeness (QED) is 0.483. The van der Waals surface area contributed by atoms with E-state index in [4.69, 9.17) is 5.11 Å². The molecular formula is C25H37NO2. The van der Waals surface area contributed by atoms with Crippen LogP contribution in [0.25, 0.3) is 0 Å². The van der Waals surface area contributed by atoms with Crippen molar-refractivity contribution in [2.45, 2.75) is 85.1 Å². The topological polar surface area (TPSA) is 40.5 Å². The van der Waals surface area contributed by atoms with Crippen LogP contribution in [0.1, 0.15) is 78.5 Å². The summed E-state index contributed by atoms with van der Waals surface area (Å²) in [4.78, 5) is 13.3. The van der Waals surface area contributed by atoms with E-state index < -0.39 is 5.97 Å². The van der Waals surface area contributed by atoms with Crippen molar-refractivity contribution in [3.8, 4) is 0 Å². The molecule has 1 N–H and O–H groups in total. The molecule has 0 fully saturated rings. The molecule has 0 aromatic heterocycles. The van der Waals surface area contributed by atoms with E-state index >= 15 is 0 Å². The number of benzene rings is 1. The van der Waals surface area contributed by atoms with E-state index in [1.807, 2.05) is 13.0 Å². The maximum Gasteiger partial charge on any atom is 0.328 e. The number of carboxylic acids is 1. The van der Waals surface area contributed by atoms with Gasteiger partial charge in [0, 0.05) is 24.4 Å². The van der Waals surface area contributed by atoms with Crippen molar-refractivity contribution in [3.63, 3.8) is 0 Å². The zero-order valence-corrected chi connectivity index (χ0v) is 18.9. The molecule has 0 radical (unpaired) electrons. The van der Waals surface area contributed by atoms with E-state index in [0.717, 1.165) is 18.5 Å². The van der Waals surface area contributed by atoms with E-state index in [-0.39, 0.29) is 10.8 Å². The normalized spacial score (nSPS) is 16.7. The first-order valence-electron chi connectivity index (χ1n) is 10.3. The number of fused-ring (bicyclic) bond motifs is 1. The highest BCUT2D eigenvalue weighted by molar-refractivity contribution is 5.81. The minimum Gasteiger partial charge on any atom is -0.478 e. The molecule has 3 heteroatoms. The highest BCUT2D eigenvalue weighted by atomic mass is 16.4. The van der Waals surface area contributed by atoms with Gasteiger partial charge in [-0.15, -0.1) is 0 Å². The van der Waals surface area contributed by atoms with E-state index in [1.54, 1.807) is 0 Å². The maximum atomic E-state index is 10.8. The first-order chi connectivity index (χ1) is 12.8. The number of aliphatic carboxylic acids is 1. The highest BCUT2D eigenvalue weighted by Gasteiger charge is 2.34. The number of anilines is 1. The van der Waals surface area contributed by atoms with E-state index in [0.29, 0.717) is 6.04 Å². The van der Waals surface area contributed by atoms with Crippen molar-refractivity contribution >= 4 is 11.7 Å². The number of rotatable bonds is 6. The molecule has 154 valence electrons. The van der Waals surface area contributed by atoms with Crippen LogP contribution in [0.15, 0.2) is 35.9 Å². The lowest BCUT2D eigenvalue weighted by Gasteiger charge is -2.33. The summed E-state index contributed by atoms with van der Waals surface area (Å²) >= 11 is 0. The van der Waals surface area contributed by atoms with Gasteiger partial charge < -0.3 is 10.0 Å². The molecule has 2 rings (SSSR count). The molecule has 1 aliphatic carbocycles. The predicted molar refractivity (Wildman–Crippen MR) is 120 cm³/mol. The number of hydrogen-bond acceptors (Lipinski definition) is 2. The van der Waals surface area contributed by atoms with Gasteiger partial charge in [-0.2, -0.15) is 0 Å². The van der Waals surface area contributed by atoms with Gasteiger partial charge in [-0.25, -0.2) is 4.79 Å². The van der Waals surface area contributed by atoms with Gasteiger partial charge in [-0.05, 0) is 72.8 Å². The monoisotopic (exact) mass is 383 g/mol. The first-order valence-corrected chi connectivity index (χ1v) is 10.3. The van der Waals surface area contributed by atoms with E-state index in [2.05, 4.69) is 71.6 Å². The number of carboxylic acid groups (broad SMARTS) is 1. The average Bonchev–Trinajstić information content (AvgIpc) is 2.84. The molecule has 0 saturated carbocycles. The number of allylic oxidation sites excluding steroid dienone is 2. The fourth-order valence-corrected chi connectivity index (χ4v) is 3.97. The Balaban J connectivity index is 2.48. The van der Waals surface area contributed by atoms with E-state index in [1.165, 1.54) is 34.9 Å². The van der Waals surface area contributed by atoms with Crippen LogP contribution in [0.2, 0.25) is 0 Å². The Kier molecular flexibility index (Phi) is 6.48. The second-order valence-electron chi connectivity index (χ2n) is 10.0. The summed E-state index contributed by atoms with van der Waals surface area (Å²) in [5.74, 6) is -0.902. The van der Waals surface area contributed by atoms with Crippen molar-refractivity contribution < 1.29 is 9.90 Å². The molecule has 3 nitrogen and oxygen atoms in total. The van der Waals surface area contributed by atoms with Crippen LogP contribution >= 0.6 is 0 Å². The maximum absolute atomic E-state index is 10.8. The van der Waals surface area contributed by atoms with Crippen molar-refractivity contribution in [2.75, 3.05) is 11.4 Å². The molecule has 0 heterocycles. The predicted octanol–water partition coefficient (Wildman–Crippen LogP) is 6.01. The zero-order chi connectivity index (χ0) is 21.3. The average molecular weight is 384 g/mol. The largest absolute Gasteiger partial charge is 0.478 e. The van der Waals surface area contributed by atoms with Gasteiger partial charge in [0.05, 0.1) is 0 Å². The summed E-state index contributed by atoms with van der Waals surface area (Å²) in [6.45, 7) is 18.6. The molecule has 0 aliphatic heterocycles. The van der Waals surface area contributed by atoms with Gasteiger partial charge in [0.15, 0.2) is 0 Å². The molecule has 1 aromatic carbocycles. The smallest absolute Gasteiger partial charge is 0.328 e. The Bertz CT molecular complexity index is 792. The summed E-state index contributed by atoms with van der Waals surface area (Å²) in [7, 11) is 0. The molecule has 0 bridgehead atoms. The number of carbonyl (C=O) groups is 1. The minimum atomic E-state index is -0.902. The Labute approximate surface area is 171 Å². The SMILES string of the molecule is CC(/C=C/CN(c1cc(C(C)(C)C)cc2c1CCC2(C)C)C(C)C)=C\C(=O)O. The Hall–Kier alpha value is -2.03. The summed E-state index contributed by atoms with van der Waals surface area (Å²) in [6, 6.07) is 5.17. The van der Waals surface area contributed by atoms with Crippen molar-refractivity contribution in [3.05, 3.63) is 52.6 Å². The lowest BCUT2D eigenvalue weighted by Crippen LogP contribution is -2.32. The van der Waals surface area contributed by atoms with Gasteiger partial charge in [0.1, 0.15) is 0 Å². The number of hydrogen-bond donors (Lipinski definition) is 1. The van der Waals surface area contributed by atoms with Gasteiger partial charge >= 0.3 is 5.97 Å². The van der Waals surface area contributed by atoms with Gasteiger partial charge in [-0.3, -0.25) is 0 Å².